The summed E-state index contributed by atoms with van der Waals surface area (Å²) < 4.78 is 32.5. The number of aliphatic carboxylic acids is 1. The van der Waals surface area contributed by atoms with Gasteiger partial charge in [-0.3, -0.25) is 23.4 Å². The Morgan fingerprint density at radius 2 is 1.02 bits per heavy atom. The fraction of sp³-hybridized carbons (Fsp3) is 0.868. The van der Waals surface area contributed by atoms with Crippen molar-refractivity contribution in [2.45, 2.75) is 193 Å². The molecule has 0 aromatic heterocycles. The molecular formula is C38H72NO10P. The van der Waals surface area contributed by atoms with Gasteiger partial charge in [-0.2, -0.15) is 0 Å². The van der Waals surface area contributed by atoms with Crippen molar-refractivity contribution in [2.24, 2.45) is 5.73 Å². The largest absolute Gasteiger partial charge is 0.480 e. The van der Waals surface area contributed by atoms with E-state index in [4.69, 9.17) is 24.8 Å². The maximum atomic E-state index is 12.5. The summed E-state index contributed by atoms with van der Waals surface area (Å²) >= 11 is 0. The topological polar surface area (TPSA) is 172 Å². The van der Waals surface area contributed by atoms with Gasteiger partial charge in [0.05, 0.1) is 13.2 Å². The lowest BCUT2D eigenvalue weighted by Crippen LogP contribution is -2.34. The number of nitrogens with two attached hydrogens (primary N) is 1. The molecule has 11 nitrogen and oxygen atoms in total. The highest BCUT2D eigenvalue weighted by Gasteiger charge is 2.28. The number of rotatable bonds is 37. The zero-order chi connectivity index (χ0) is 37.1. The molecule has 0 radical (unpaired) electrons. The maximum Gasteiger partial charge on any atom is 0.472 e. The highest BCUT2D eigenvalue weighted by Crippen LogP contribution is 2.43. The maximum absolute atomic E-state index is 12.5. The lowest BCUT2D eigenvalue weighted by atomic mass is 10.0. The van der Waals surface area contributed by atoms with Crippen LogP contribution in [0.1, 0.15) is 181 Å². The van der Waals surface area contributed by atoms with E-state index in [1.54, 1.807) is 0 Å². The number of carboxylic acids is 1. The Labute approximate surface area is 303 Å². The second kappa shape index (κ2) is 34.3. The molecular weight excluding hydrogens is 661 g/mol. The summed E-state index contributed by atoms with van der Waals surface area (Å²) in [6, 6.07) is -1.52. The SMILES string of the molecule is CCCCC=CCCCCCCCC(=O)OC(COC(=O)CCCCCCCCCCCCCCCCC)COP(=O)(O)OCC(N)C(=O)O. The Kier molecular flexibility index (Phi) is 33.1. The predicted molar refractivity (Wildman–Crippen MR) is 199 cm³/mol. The number of allylic oxidation sites excluding steroid dienone is 2. The van der Waals surface area contributed by atoms with E-state index in [0.717, 1.165) is 57.8 Å². The summed E-state index contributed by atoms with van der Waals surface area (Å²) in [5.74, 6) is -2.38. The molecule has 0 aliphatic rings. The van der Waals surface area contributed by atoms with Crippen LogP contribution in [0.25, 0.3) is 0 Å². The Morgan fingerprint density at radius 3 is 1.52 bits per heavy atom. The van der Waals surface area contributed by atoms with Crippen LogP contribution < -0.4 is 5.73 Å². The van der Waals surface area contributed by atoms with Crippen molar-refractivity contribution in [1.82, 2.24) is 0 Å². The minimum absolute atomic E-state index is 0.154. The molecule has 0 fully saturated rings. The van der Waals surface area contributed by atoms with E-state index in [1.807, 2.05) is 0 Å². The average Bonchev–Trinajstić information content (AvgIpc) is 3.09. The molecule has 0 amide bonds. The number of hydrogen-bond acceptors (Lipinski definition) is 9. The van der Waals surface area contributed by atoms with Gasteiger partial charge in [-0.1, -0.05) is 148 Å². The highest BCUT2D eigenvalue weighted by molar-refractivity contribution is 7.47. The molecule has 0 aliphatic carbocycles. The molecule has 12 heteroatoms. The molecule has 0 spiro atoms. The van der Waals surface area contributed by atoms with Crippen LogP contribution in [0.2, 0.25) is 0 Å². The smallest absolute Gasteiger partial charge is 0.472 e. The molecule has 0 saturated heterocycles. The Hall–Kier alpha value is -1.78. The van der Waals surface area contributed by atoms with E-state index in [9.17, 15) is 23.8 Å². The van der Waals surface area contributed by atoms with Crippen LogP contribution in [-0.4, -0.2) is 59.9 Å². The van der Waals surface area contributed by atoms with Gasteiger partial charge in [-0.25, -0.2) is 4.57 Å². The van der Waals surface area contributed by atoms with Crippen molar-refractivity contribution in [2.75, 3.05) is 19.8 Å². The number of carbonyl (C=O) groups is 3. The summed E-state index contributed by atoms with van der Waals surface area (Å²) in [4.78, 5) is 45.7. The van der Waals surface area contributed by atoms with Crippen LogP contribution in [0.4, 0.5) is 0 Å². The summed E-state index contributed by atoms with van der Waals surface area (Å²) in [5, 5.41) is 8.85. The standard InChI is InChI=1S/C38H72NO10P/c1-3-5-7-9-11-13-15-16-17-18-20-21-23-25-27-29-36(40)46-31-34(32-47-50(44,45)48-33-35(39)38(42)43)49-37(41)30-28-26-24-22-19-14-12-10-8-6-4-2/h10,12,34-35H,3-9,11,13-33,39H2,1-2H3,(H,42,43)(H,44,45). The fourth-order valence-corrected chi connectivity index (χ4v) is 6.12. The van der Waals surface area contributed by atoms with Crippen LogP contribution in [0.5, 0.6) is 0 Å². The first-order valence-electron chi connectivity index (χ1n) is 19.7. The number of phosphoric ester groups is 1. The summed E-state index contributed by atoms with van der Waals surface area (Å²) in [6.45, 7) is 2.75. The number of carbonyl (C=O) groups excluding carboxylic acids is 2. The summed E-state index contributed by atoms with van der Waals surface area (Å²) in [5.41, 5.74) is 5.31. The second-order valence-corrected chi connectivity index (χ2v) is 14.9. The van der Waals surface area contributed by atoms with Crippen LogP contribution >= 0.6 is 7.82 Å². The molecule has 0 aromatic rings. The van der Waals surface area contributed by atoms with Crippen molar-refractivity contribution >= 4 is 25.7 Å². The predicted octanol–water partition coefficient (Wildman–Crippen LogP) is 9.73. The Bertz CT molecular complexity index is 916. The Morgan fingerprint density at radius 1 is 0.600 bits per heavy atom. The van der Waals surface area contributed by atoms with E-state index >= 15 is 0 Å². The van der Waals surface area contributed by atoms with Gasteiger partial charge in [0.1, 0.15) is 12.6 Å². The van der Waals surface area contributed by atoms with Crippen molar-refractivity contribution < 1.29 is 47.5 Å². The van der Waals surface area contributed by atoms with Gasteiger partial charge in [0.25, 0.3) is 0 Å². The molecule has 50 heavy (non-hydrogen) atoms. The number of carboxylic acid groups (broad SMARTS) is 1. The zero-order valence-electron chi connectivity index (χ0n) is 31.5. The fourth-order valence-electron chi connectivity index (χ4n) is 5.34. The third kappa shape index (κ3) is 33.4. The van der Waals surface area contributed by atoms with Crippen molar-refractivity contribution in [3.8, 4) is 0 Å². The van der Waals surface area contributed by atoms with E-state index < -0.39 is 51.1 Å². The monoisotopic (exact) mass is 733 g/mol. The van der Waals surface area contributed by atoms with Crippen LogP contribution in [0.15, 0.2) is 12.2 Å². The van der Waals surface area contributed by atoms with Crippen LogP contribution in [0, 0.1) is 0 Å². The number of phosphoric acid groups is 1. The molecule has 0 heterocycles. The van der Waals surface area contributed by atoms with Gasteiger partial charge >= 0.3 is 25.7 Å². The minimum atomic E-state index is -4.71. The van der Waals surface area contributed by atoms with E-state index in [0.29, 0.717) is 12.8 Å². The lowest BCUT2D eigenvalue weighted by Gasteiger charge is -2.20. The molecule has 3 unspecified atom stereocenters. The molecule has 0 aliphatic heterocycles. The first-order chi connectivity index (χ1) is 24.1. The average molecular weight is 734 g/mol. The van der Waals surface area contributed by atoms with Crippen LogP contribution in [0.3, 0.4) is 0 Å². The molecule has 0 bridgehead atoms. The third-order valence-corrected chi connectivity index (χ3v) is 9.46. The summed E-state index contributed by atoms with van der Waals surface area (Å²) in [6.07, 6.45) is 31.4. The van der Waals surface area contributed by atoms with Crippen molar-refractivity contribution in [3.05, 3.63) is 12.2 Å². The van der Waals surface area contributed by atoms with E-state index in [-0.39, 0.29) is 19.4 Å². The van der Waals surface area contributed by atoms with Gasteiger partial charge in [-0.15, -0.1) is 0 Å². The van der Waals surface area contributed by atoms with E-state index in [1.165, 1.54) is 83.5 Å². The highest BCUT2D eigenvalue weighted by atomic mass is 31.2. The zero-order valence-corrected chi connectivity index (χ0v) is 32.4. The third-order valence-electron chi connectivity index (χ3n) is 8.51. The van der Waals surface area contributed by atoms with Crippen molar-refractivity contribution in [3.63, 3.8) is 0 Å². The first kappa shape index (κ1) is 48.2. The minimum Gasteiger partial charge on any atom is -0.480 e. The second-order valence-electron chi connectivity index (χ2n) is 13.4. The molecule has 0 rings (SSSR count). The first-order valence-corrected chi connectivity index (χ1v) is 21.2. The Balaban J connectivity index is 4.38. The van der Waals surface area contributed by atoms with Gasteiger partial charge in [0.2, 0.25) is 0 Å². The lowest BCUT2D eigenvalue weighted by molar-refractivity contribution is -0.161. The number of unbranched alkanes of at least 4 members (excludes halogenated alkanes) is 21. The van der Waals surface area contributed by atoms with Crippen molar-refractivity contribution in [1.29, 1.82) is 0 Å². The number of esters is 2. The normalized spacial score (nSPS) is 14.0. The molecule has 4 N–H and O–H groups in total. The summed E-state index contributed by atoms with van der Waals surface area (Å²) in [7, 11) is -4.71. The quantitative estimate of drug-likeness (QED) is 0.0240. The van der Waals surface area contributed by atoms with Gasteiger partial charge < -0.3 is 25.2 Å². The van der Waals surface area contributed by atoms with Gasteiger partial charge in [0, 0.05) is 12.8 Å². The molecule has 294 valence electrons. The van der Waals surface area contributed by atoms with Gasteiger partial charge in [-0.05, 0) is 32.1 Å². The molecule has 0 saturated carbocycles. The molecule has 3 atom stereocenters. The van der Waals surface area contributed by atoms with E-state index in [2.05, 4.69) is 30.5 Å². The number of hydrogen-bond donors (Lipinski definition) is 3. The van der Waals surface area contributed by atoms with Crippen LogP contribution in [-0.2, 0) is 37.5 Å². The molecule has 0 aromatic carbocycles. The number of ether oxygens (including phenoxy) is 2. The van der Waals surface area contributed by atoms with Gasteiger partial charge in [0.15, 0.2) is 6.10 Å².